The average Bonchev–Trinajstić information content (AvgIpc) is 2.49. The van der Waals surface area contributed by atoms with Gasteiger partial charge in [0.05, 0.1) is 22.2 Å². The van der Waals surface area contributed by atoms with E-state index in [9.17, 15) is 4.79 Å². The number of rotatable bonds is 5. The molecule has 0 N–H and O–H groups in total. The van der Waals surface area contributed by atoms with Crippen LogP contribution in [0.2, 0.25) is 10.0 Å². The number of halogens is 2. The lowest BCUT2D eigenvalue weighted by molar-refractivity contribution is 0.0526. The monoisotopic (exact) mass is 324 g/mol. The zero-order valence-corrected chi connectivity index (χ0v) is 12.9. The summed E-state index contributed by atoms with van der Waals surface area (Å²) in [6.45, 7) is 2.51. The van der Waals surface area contributed by atoms with Gasteiger partial charge in [-0.2, -0.15) is 0 Å². The number of carbonyl (C=O) groups excluding carboxylic acids is 1. The Morgan fingerprint density at radius 3 is 2.38 bits per heavy atom. The zero-order valence-electron chi connectivity index (χ0n) is 11.4. The molecule has 0 saturated carbocycles. The number of ether oxygens (including phenoxy) is 2. The molecule has 0 spiro atoms. The van der Waals surface area contributed by atoms with Gasteiger partial charge in [-0.3, -0.25) is 0 Å². The van der Waals surface area contributed by atoms with Gasteiger partial charge in [-0.05, 0) is 36.8 Å². The van der Waals surface area contributed by atoms with Crippen LogP contribution in [-0.4, -0.2) is 12.6 Å². The molecule has 0 unspecified atom stereocenters. The largest absolute Gasteiger partial charge is 0.489 e. The van der Waals surface area contributed by atoms with Gasteiger partial charge in [0, 0.05) is 6.07 Å². The van der Waals surface area contributed by atoms with Crippen molar-refractivity contribution in [1.29, 1.82) is 0 Å². The number of carbonyl (C=O) groups is 1. The van der Waals surface area contributed by atoms with Gasteiger partial charge in [0.25, 0.3) is 0 Å². The van der Waals surface area contributed by atoms with Crippen LogP contribution in [0.15, 0.2) is 42.5 Å². The minimum atomic E-state index is -0.325. The predicted octanol–water partition coefficient (Wildman–Crippen LogP) is 4.75. The molecule has 0 aliphatic carbocycles. The van der Waals surface area contributed by atoms with Gasteiger partial charge < -0.3 is 9.47 Å². The fourth-order valence-corrected chi connectivity index (χ4v) is 1.97. The van der Waals surface area contributed by atoms with Crippen LogP contribution in [0.3, 0.4) is 0 Å². The van der Waals surface area contributed by atoms with E-state index in [1.165, 1.54) is 0 Å². The third-order valence-corrected chi connectivity index (χ3v) is 3.50. The van der Waals surface area contributed by atoms with Gasteiger partial charge >= 0.3 is 5.97 Å². The van der Waals surface area contributed by atoms with E-state index in [1.54, 1.807) is 37.3 Å². The summed E-state index contributed by atoms with van der Waals surface area (Å²) in [4.78, 5) is 11.5. The van der Waals surface area contributed by atoms with Crippen molar-refractivity contribution in [3.05, 3.63) is 63.6 Å². The molecule has 21 heavy (non-hydrogen) atoms. The summed E-state index contributed by atoms with van der Waals surface area (Å²) < 4.78 is 10.5. The number of hydrogen-bond donors (Lipinski definition) is 0. The van der Waals surface area contributed by atoms with Gasteiger partial charge in [0.15, 0.2) is 0 Å². The van der Waals surface area contributed by atoms with Gasteiger partial charge in [-0.15, -0.1) is 0 Å². The van der Waals surface area contributed by atoms with E-state index in [-0.39, 0.29) is 5.97 Å². The van der Waals surface area contributed by atoms with Crippen molar-refractivity contribution in [1.82, 2.24) is 0 Å². The number of benzene rings is 2. The molecule has 2 aromatic carbocycles. The highest BCUT2D eigenvalue weighted by atomic mass is 35.5. The Hall–Kier alpha value is -1.71. The fourth-order valence-electron chi connectivity index (χ4n) is 1.68. The summed E-state index contributed by atoms with van der Waals surface area (Å²) in [5.41, 5.74) is 1.46. The molecule has 0 bridgehead atoms. The summed E-state index contributed by atoms with van der Waals surface area (Å²) in [6.07, 6.45) is 0. The van der Waals surface area contributed by atoms with Crippen molar-refractivity contribution in [3.8, 4) is 5.75 Å². The molecule has 0 aliphatic heterocycles. The molecule has 0 aliphatic rings. The van der Waals surface area contributed by atoms with Crippen molar-refractivity contribution in [3.63, 3.8) is 0 Å². The van der Waals surface area contributed by atoms with Crippen LogP contribution in [0.4, 0.5) is 0 Å². The Morgan fingerprint density at radius 2 is 1.76 bits per heavy atom. The Bertz CT molecular complexity index is 624. The highest BCUT2D eigenvalue weighted by Gasteiger charge is 2.06. The van der Waals surface area contributed by atoms with Gasteiger partial charge in [0.2, 0.25) is 0 Å². The first-order valence-electron chi connectivity index (χ1n) is 6.44. The molecule has 110 valence electrons. The van der Waals surface area contributed by atoms with E-state index in [2.05, 4.69) is 0 Å². The lowest BCUT2D eigenvalue weighted by Gasteiger charge is -2.08. The van der Waals surface area contributed by atoms with Crippen LogP contribution >= 0.6 is 23.2 Å². The minimum Gasteiger partial charge on any atom is -0.489 e. The molecular formula is C16H14Cl2O3. The maximum Gasteiger partial charge on any atom is 0.338 e. The Kier molecular flexibility index (Phi) is 5.48. The molecule has 0 heterocycles. The molecule has 0 fully saturated rings. The minimum absolute atomic E-state index is 0.325. The fraction of sp³-hybridized carbons (Fsp3) is 0.188. The first-order valence-corrected chi connectivity index (χ1v) is 7.19. The lowest BCUT2D eigenvalue weighted by Crippen LogP contribution is -2.04. The quantitative estimate of drug-likeness (QED) is 0.744. The van der Waals surface area contributed by atoms with E-state index in [0.717, 1.165) is 5.56 Å². The highest BCUT2D eigenvalue weighted by molar-refractivity contribution is 6.42. The SMILES string of the molecule is CCOC(=O)c1ccc(COc2ccc(Cl)c(Cl)c2)cc1. The van der Waals surface area contributed by atoms with Crippen LogP contribution < -0.4 is 4.74 Å². The Morgan fingerprint density at radius 1 is 1.05 bits per heavy atom. The van der Waals surface area contributed by atoms with Crippen LogP contribution in [-0.2, 0) is 11.3 Å². The number of hydrogen-bond acceptors (Lipinski definition) is 3. The van der Waals surface area contributed by atoms with E-state index in [0.29, 0.717) is 34.6 Å². The third kappa shape index (κ3) is 4.38. The Labute approximate surface area is 133 Å². The molecule has 0 radical (unpaired) electrons. The van der Waals surface area contributed by atoms with E-state index in [4.69, 9.17) is 32.7 Å². The van der Waals surface area contributed by atoms with E-state index < -0.39 is 0 Å². The van der Waals surface area contributed by atoms with Crippen molar-refractivity contribution >= 4 is 29.2 Å². The van der Waals surface area contributed by atoms with Crippen LogP contribution in [0.5, 0.6) is 5.75 Å². The topological polar surface area (TPSA) is 35.5 Å². The average molecular weight is 325 g/mol. The summed E-state index contributed by atoms with van der Waals surface area (Å²) >= 11 is 11.8. The predicted molar refractivity (Wildman–Crippen MR) is 83.2 cm³/mol. The third-order valence-electron chi connectivity index (χ3n) is 2.76. The van der Waals surface area contributed by atoms with Crippen LogP contribution in [0.1, 0.15) is 22.8 Å². The number of esters is 1. The molecule has 2 aromatic rings. The zero-order chi connectivity index (χ0) is 15.2. The highest BCUT2D eigenvalue weighted by Crippen LogP contribution is 2.26. The summed E-state index contributed by atoms with van der Waals surface area (Å²) in [6, 6.07) is 12.2. The molecule has 0 atom stereocenters. The molecule has 0 aromatic heterocycles. The van der Waals surface area contributed by atoms with E-state index >= 15 is 0 Å². The smallest absolute Gasteiger partial charge is 0.338 e. The summed E-state index contributed by atoms with van der Waals surface area (Å²) in [5, 5.41) is 0.939. The maximum absolute atomic E-state index is 11.5. The first-order chi connectivity index (χ1) is 10.1. The van der Waals surface area contributed by atoms with Gasteiger partial charge in [-0.25, -0.2) is 4.79 Å². The standard InChI is InChI=1S/C16H14Cl2O3/c1-2-20-16(19)12-5-3-11(4-6-12)10-21-13-7-8-14(17)15(18)9-13/h3-9H,2,10H2,1H3. The second-order valence-electron chi connectivity index (χ2n) is 4.28. The van der Waals surface area contributed by atoms with Gasteiger partial charge in [-0.1, -0.05) is 35.3 Å². The van der Waals surface area contributed by atoms with Gasteiger partial charge in [0.1, 0.15) is 12.4 Å². The van der Waals surface area contributed by atoms with Crippen molar-refractivity contribution < 1.29 is 14.3 Å². The molecule has 5 heteroatoms. The van der Waals surface area contributed by atoms with Crippen molar-refractivity contribution in [2.24, 2.45) is 0 Å². The summed E-state index contributed by atoms with van der Waals surface area (Å²) in [7, 11) is 0. The second-order valence-corrected chi connectivity index (χ2v) is 5.10. The summed E-state index contributed by atoms with van der Waals surface area (Å²) in [5.74, 6) is 0.313. The molecular weight excluding hydrogens is 311 g/mol. The van der Waals surface area contributed by atoms with Crippen molar-refractivity contribution in [2.45, 2.75) is 13.5 Å². The second kappa shape index (κ2) is 7.34. The molecule has 0 amide bonds. The van der Waals surface area contributed by atoms with Crippen LogP contribution in [0, 0.1) is 0 Å². The maximum atomic E-state index is 11.5. The van der Waals surface area contributed by atoms with E-state index in [1.807, 2.05) is 12.1 Å². The van der Waals surface area contributed by atoms with Crippen LogP contribution in [0.25, 0.3) is 0 Å². The lowest BCUT2D eigenvalue weighted by atomic mass is 10.1. The Balaban J connectivity index is 1.97. The molecule has 2 rings (SSSR count). The molecule has 3 nitrogen and oxygen atoms in total. The van der Waals surface area contributed by atoms with Crippen molar-refractivity contribution in [2.75, 3.05) is 6.61 Å². The first kappa shape index (κ1) is 15.7. The molecule has 0 saturated heterocycles. The normalized spacial score (nSPS) is 10.2.